The molecule has 0 aliphatic carbocycles. The molecule has 258 valence electrons. The van der Waals surface area contributed by atoms with Crippen molar-refractivity contribution in [1.29, 1.82) is 0 Å². The van der Waals surface area contributed by atoms with Gasteiger partial charge < -0.3 is 14.4 Å². The number of hydrogen-bond donors (Lipinski definition) is 1. The summed E-state index contributed by atoms with van der Waals surface area (Å²) < 4.78 is 79.2. The molecule has 0 radical (unpaired) electrons. The van der Waals surface area contributed by atoms with Crippen LogP contribution < -0.4 is 14.2 Å². The summed E-state index contributed by atoms with van der Waals surface area (Å²) in [5.41, 5.74) is 0.675. The number of piperidine rings is 1. The summed E-state index contributed by atoms with van der Waals surface area (Å²) in [6.07, 6.45) is -3.16. The minimum absolute atomic E-state index is 0.0517. The Labute approximate surface area is 282 Å². The van der Waals surface area contributed by atoms with E-state index in [1.165, 1.54) is 0 Å². The molecule has 0 unspecified atom stereocenters. The van der Waals surface area contributed by atoms with Crippen LogP contribution >= 0.6 is 0 Å². The molecule has 14 heteroatoms. The zero-order chi connectivity index (χ0) is 34.8. The first-order valence-electron chi connectivity index (χ1n) is 15.8. The second kappa shape index (κ2) is 13.7. The van der Waals surface area contributed by atoms with Crippen molar-refractivity contribution in [3.63, 3.8) is 0 Å². The minimum Gasteiger partial charge on any atom is -0.483 e. The summed E-state index contributed by atoms with van der Waals surface area (Å²) in [6, 6.07) is 22.9. The highest BCUT2D eigenvalue weighted by Gasteiger charge is 2.39. The van der Waals surface area contributed by atoms with Crippen LogP contribution in [0, 0.1) is 0 Å². The maximum Gasteiger partial charge on any atom is 0.435 e. The average molecular weight is 696 g/mol. The molecule has 0 spiro atoms. The molecule has 3 heterocycles. The lowest BCUT2D eigenvalue weighted by Crippen LogP contribution is -2.61. The number of nitrogens with zero attached hydrogens (tertiary/aromatic N) is 4. The molecule has 0 atom stereocenters. The van der Waals surface area contributed by atoms with Gasteiger partial charge in [0.05, 0.1) is 11.4 Å². The molecule has 2 fully saturated rings. The topological polar surface area (TPSA) is 114 Å². The van der Waals surface area contributed by atoms with Crippen molar-refractivity contribution in [1.82, 2.24) is 20.0 Å². The van der Waals surface area contributed by atoms with Gasteiger partial charge in [0.25, 0.3) is 5.91 Å². The number of amides is 1. The van der Waals surface area contributed by atoms with Crippen molar-refractivity contribution >= 4 is 21.6 Å². The second-order valence-corrected chi connectivity index (χ2v) is 14.5. The number of halogens is 3. The minimum atomic E-state index is -4.58. The van der Waals surface area contributed by atoms with Crippen molar-refractivity contribution in [3.05, 3.63) is 107 Å². The zero-order valence-corrected chi connectivity index (χ0v) is 27.8. The standard InChI is InChI=1S/C35H36F3N5O5S/c1-34(22-42(2)23-34)48-30-13-10-27(20-29(30)41-49(45,46)21-24-6-4-3-5-7-24)33(44)43-18-16-26(17-19-43)25-8-11-28(12-9-25)47-32-15-14-31(39-40-32)35(36,37)38/h3-15,20,26,41H,16-19,21-23H2,1-2H3. The van der Waals surface area contributed by atoms with E-state index in [-0.39, 0.29) is 29.1 Å². The fraction of sp³-hybridized carbons (Fsp3) is 0.343. The van der Waals surface area contributed by atoms with Gasteiger partial charge in [-0.2, -0.15) is 13.2 Å². The normalized spacial score (nSPS) is 16.9. The number of likely N-dealkylation sites (tertiary alicyclic amines) is 2. The van der Waals surface area contributed by atoms with E-state index in [9.17, 15) is 26.4 Å². The molecule has 2 saturated heterocycles. The summed E-state index contributed by atoms with van der Waals surface area (Å²) in [5, 5.41) is 6.67. The van der Waals surface area contributed by atoms with Gasteiger partial charge in [0.2, 0.25) is 15.9 Å². The zero-order valence-electron chi connectivity index (χ0n) is 27.0. The number of aromatic nitrogens is 2. The van der Waals surface area contributed by atoms with E-state index >= 15 is 0 Å². The maximum atomic E-state index is 13.7. The van der Waals surface area contributed by atoms with Crippen molar-refractivity contribution < 1.29 is 35.9 Å². The molecule has 10 nitrogen and oxygen atoms in total. The Morgan fingerprint density at radius 1 is 0.959 bits per heavy atom. The van der Waals surface area contributed by atoms with E-state index in [2.05, 4.69) is 19.8 Å². The van der Waals surface area contributed by atoms with Gasteiger partial charge in [-0.3, -0.25) is 14.4 Å². The van der Waals surface area contributed by atoms with E-state index < -0.39 is 27.5 Å². The Morgan fingerprint density at radius 3 is 2.27 bits per heavy atom. The fourth-order valence-corrected chi connectivity index (χ4v) is 7.51. The molecular formula is C35H36F3N5O5S. The first kappa shape index (κ1) is 34.2. The number of sulfonamides is 1. The lowest BCUT2D eigenvalue weighted by Gasteiger charge is -2.46. The Hall–Kier alpha value is -4.69. The van der Waals surface area contributed by atoms with E-state index in [1.54, 1.807) is 59.5 Å². The number of benzene rings is 3. The van der Waals surface area contributed by atoms with E-state index in [4.69, 9.17) is 9.47 Å². The Morgan fingerprint density at radius 2 is 1.65 bits per heavy atom. The maximum absolute atomic E-state index is 13.7. The molecule has 0 bridgehead atoms. The van der Waals surface area contributed by atoms with Crippen LogP contribution in [0.1, 0.15) is 52.9 Å². The molecule has 3 aromatic carbocycles. The largest absolute Gasteiger partial charge is 0.483 e. The van der Waals surface area contributed by atoms with Crippen LogP contribution in [0.2, 0.25) is 0 Å². The van der Waals surface area contributed by atoms with Crippen molar-refractivity contribution in [3.8, 4) is 17.4 Å². The van der Waals surface area contributed by atoms with Crippen LogP contribution in [0.25, 0.3) is 0 Å². The molecule has 1 amide bonds. The molecule has 1 aromatic heterocycles. The van der Waals surface area contributed by atoms with Gasteiger partial charge in [0, 0.05) is 37.8 Å². The summed E-state index contributed by atoms with van der Waals surface area (Å²) in [7, 11) is -1.84. The average Bonchev–Trinajstić information content (AvgIpc) is 3.05. The molecule has 4 aromatic rings. The van der Waals surface area contributed by atoms with Crippen LogP contribution in [0.5, 0.6) is 17.4 Å². The molecule has 2 aliphatic heterocycles. The van der Waals surface area contributed by atoms with Crippen molar-refractivity contribution in [2.75, 3.05) is 37.9 Å². The quantitative estimate of drug-likeness (QED) is 0.205. The number of anilines is 1. The number of likely N-dealkylation sites (N-methyl/N-ethyl adjacent to an activating group) is 1. The molecular weight excluding hydrogens is 659 g/mol. The Balaban J connectivity index is 1.10. The third-order valence-corrected chi connectivity index (χ3v) is 9.79. The first-order valence-corrected chi connectivity index (χ1v) is 17.4. The number of ether oxygens (including phenoxy) is 2. The van der Waals surface area contributed by atoms with Gasteiger partial charge in [-0.25, -0.2) is 8.42 Å². The third kappa shape index (κ3) is 8.49. The molecule has 49 heavy (non-hydrogen) atoms. The second-order valence-electron chi connectivity index (χ2n) is 12.8. The number of hydrogen-bond acceptors (Lipinski definition) is 8. The van der Waals surface area contributed by atoms with Crippen LogP contribution in [0.3, 0.4) is 0 Å². The Bertz CT molecular complexity index is 1880. The molecule has 2 aliphatic rings. The number of carbonyl (C=O) groups excluding carboxylic acids is 1. The van der Waals surface area contributed by atoms with Crippen LogP contribution in [-0.4, -0.2) is 73.1 Å². The van der Waals surface area contributed by atoms with Crippen LogP contribution in [-0.2, 0) is 22.0 Å². The summed E-state index contributed by atoms with van der Waals surface area (Å²) in [5.74, 6) is 0.469. The van der Waals surface area contributed by atoms with Crippen molar-refractivity contribution in [2.45, 2.75) is 43.2 Å². The first-order chi connectivity index (χ1) is 23.3. The number of carbonyl (C=O) groups is 1. The Kier molecular flexibility index (Phi) is 9.54. The highest BCUT2D eigenvalue weighted by molar-refractivity contribution is 7.91. The smallest absolute Gasteiger partial charge is 0.435 e. The summed E-state index contributed by atoms with van der Waals surface area (Å²) >= 11 is 0. The monoisotopic (exact) mass is 695 g/mol. The van der Waals surface area contributed by atoms with Crippen LogP contribution in [0.4, 0.5) is 18.9 Å². The SMILES string of the molecule is CN1CC(C)(Oc2ccc(C(=O)N3CCC(c4ccc(Oc5ccc(C(F)(F)F)nn5)cc4)CC3)cc2NS(=O)(=O)Cc2ccccc2)C1. The molecule has 6 rings (SSSR count). The van der Waals surface area contributed by atoms with Crippen LogP contribution in [0.15, 0.2) is 84.9 Å². The highest BCUT2D eigenvalue weighted by Crippen LogP contribution is 2.36. The predicted molar refractivity (Wildman–Crippen MR) is 177 cm³/mol. The van der Waals surface area contributed by atoms with Gasteiger partial charge >= 0.3 is 6.18 Å². The lowest BCUT2D eigenvalue weighted by atomic mass is 9.89. The molecule has 1 N–H and O–H groups in total. The van der Waals surface area contributed by atoms with Gasteiger partial charge in [0.1, 0.15) is 17.1 Å². The van der Waals surface area contributed by atoms with Gasteiger partial charge in [-0.15, -0.1) is 10.2 Å². The van der Waals surface area contributed by atoms with E-state index in [0.29, 0.717) is 61.6 Å². The number of nitrogens with one attached hydrogen (secondary N) is 1. The van der Waals surface area contributed by atoms with E-state index in [1.807, 2.05) is 32.2 Å². The third-order valence-electron chi connectivity index (χ3n) is 8.54. The summed E-state index contributed by atoms with van der Waals surface area (Å²) in [6.45, 7) is 4.33. The fourth-order valence-electron chi connectivity index (χ4n) is 6.31. The highest BCUT2D eigenvalue weighted by atomic mass is 32.2. The predicted octanol–water partition coefficient (Wildman–Crippen LogP) is 6.33. The van der Waals surface area contributed by atoms with Crippen molar-refractivity contribution in [2.24, 2.45) is 0 Å². The van der Waals surface area contributed by atoms with Gasteiger partial charge in [-0.05, 0) is 80.3 Å². The number of rotatable bonds is 10. The summed E-state index contributed by atoms with van der Waals surface area (Å²) in [4.78, 5) is 17.5. The lowest BCUT2D eigenvalue weighted by molar-refractivity contribution is -0.141. The van der Waals surface area contributed by atoms with Gasteiger partial charge in [0.15, 0.2) is 5.69 Å². The van der Waals surface area contributed by atoms with E-state index in [0.717, 1.165) is 17.7 Å². The number of alkyl halides is 3. The molecule has 0 saturated carbocycles. The van der Waals surface area contributed by atoms with Gasteiger partial charge in [-0.1, -0.05) is 42.5 Å².